The van der Waals surface area contributed by atoms with Crippen molar-refractivity contribution in [2.24, 2.45) is 0 Å². The first-order chi connectivity index (χ1) is 9.67. The Morgan fingerprint density at radius 3 is 3.05 bits per heavy atom. The molecule has 1 aromatic heterocycles. The van der Waals surface area contributed by atoms with Gasteiger partial charge in [0.1, 0.15) is 5.75 Å². The fourth-order valence-corrected chi connectivity index (χ4v) is 2.33. The summed E-state index contributed by atoms with van der Waals surface area (Å²) >= 11 is 1.37. The molecule has 0 saturated carbocycles. The quantitative estimate of drug-likeness (QED) is 0.853. The van der Waals surface area contributed by atoms with Gasteiger partial charge in [0.2, 0.25) is 5.91 Å². The Labute approximate surface area is 121 Å². The Hall–Kier alpha value is -2.08. The van der Waals surface area contributed by atoms with Gasteiger partial charge in [0.05, 0.1) is 19.3 Å². The van der Waals surface area contributed by atoms with Gasteiger partial charge in [-0.15, -0.1) is 11.3 Å². The number of amides is 1. The monoisotopic (exact) mass is 291 g/mol. The van der Waals surface area contributed by atoms with Crippen molar-refractivity contribution in [3.8, 4) is 5.75 Å². The molecule has 0 saturated heterocycles. The molecule has 0 bridgehead atoms. The number of nitrogens with two attached hydrogens (primary N) is 1. The van der Waals surface area contributed by atoms with Gasteiger partial charge >= 0.3 is 0 Å². The van der Waals surface area contributed by atoms with Crippen LogP contribution < -0.4 is 15.8 Å². The number of thiazole rings is 1. The summed E-state index contributed by atoms with van der Waals surface area (Å²) in [5.41, 5.74) is 7.40. The summed E-state index contributed by atoms with van der Waals surface area (Å²) in [4.78, 5) is 15.8. The molecule has 0 radical (unpaired) electrons. The number of hydrogen-bond acceptors (Lipinski definition) is 5. The van der Waals surface area contributed by atoms with Crippen molar-refractivity contribution >= 4 is 22.4 Å². The average molecular weight is 291 g/mol. The van der Waals surface area contributed by atoms with E-state index < -0.39 is 0 Å². The molecule has 1 aromatic carbocycles. The number of hydrogen-bond donors (Lipinski definition) is 2. The Kier molecular flexibility index (Phi) is 4.95. The molecular weight excluding hydrogens is 274 g/mol. The first kappa shape index (κ1) is 14.3. The van der Waals surface area contributed by atoms with Crippen LogP contribution in [0.4, 0.5) is 5.13 Å². The van der Waals surface area contributed by atoms with E-state index in [1.165, 1.54) is 11.3 Å². The predicted molar refractivity (Wildman–Crippen MR) is 79.7 cm³/mol. The van der Waals surface area contributed by atoms with Gasteiger partial charge in [0.15, 0.2) is 5.13 Å². The third-order valence-electron chi connectivity index (χ3n) is 2.81. The highest BCUT2D eigenvalue weighted by molar-refractivity contribution is 7.13. The molecule has 1 heterocycles. The molecule has 0 atom stereocenters. The Morgan fingerprint density at radius 2 is 2.35 bits per heavy atom. The summed E-state index contributed by atoms with van der Waals surface area (Å²) in [5, 5.41) is 5.19. The third kappa shape index (κ3) is 4.24. The zero-order chi connectivity index (χ0) is 14.4. The number of ether oxygens (including phenoxy) is 1. The molecule has 5 nitrogen and oxygen atoms in total. The van der Waals surface area contributed by atoms with E-state index in [4.69, 9.17) is 10.5 Å². The summed E-state index contributed by atoms with van der Waals surface area (Å²) < 4.78 is 5.15. The maximum atomic E-state index is 11.8. The number of benzene rings is 1. The summed E-state index contributed by atoms with van der Waals surface area (Å²) in [7, 11) is 1.63. The summed E-state index contributed by atoms with van der Waals surface area (Å²) in [6, 6.07) is 7.73. The zero-order valence-corrected chi connectivity index (χ0v) is 12.1. The molecule has 0 spiro atoms. The standard InChI is InChI=1S/C14H17N3O2S/c1-19-12-4-2-3-10(7-12)5-6-13(18)16-8-11-9-20-14(15)17-11/h2-4,7,9H,5-6,8H2,1H3,(H2,15,17)(H,16,18). The number of rotatable bonds is 6. The van der Waals surface area contributed by atoms with Crippen molar-refractivity contribution in [3.05, 3.63) is 40.9 Å². The van der Waals surface area contributed by atoms with E-state index in [0.29, 0.717) is 24.5 Å². The molecule has 3 N–H and O–H groups in total. The van der Waals surface area contributed by atoms with Gasteiger partial charge in [0.25, 0.3) is 0 Å². The van der Waals surface area contributed by atoms with E-state index in [2.05, 4.69) is 10.3 Å². The topological polar surface area (TPSA) is 77.2 Å². The molecule has 20 heavy (non-hydrogen) atoms. The lowest BCUT2D eigenvalue weighted by atomic mass is 10.1. The SMILES string of the molecule is COc1cccc(CCC(=O)NCc2csc(N)n2)c1. The van der Waals surface area contributed by atoms with Crippen LogP contribution in [0.2, 0.25) is 0 Å². The second-order valence-corrected chi connectivity index (χ2v) is 5.20. The summed E-state index contributed by atoms with van der Waals surface area (Å²) in [6.07, 6.45) is 1.12. The molecule has 106 valence electrons. The summed E-state index contributed by atoms with van der Waals surface area (Å²) in [6.45, 7) is 0.421. The number of carbonyl (C=O) groups is 1. The Balaban J connectivity index is 1.77. The lowest BCUT2D eigenvalue weighted by Gasteiger charge is -2.05. The van der Waals surface area contributed by atoms with Gasteiger partial charge in [-0.1, -0.05) is 12.1 Å². The van der Waals surface area contributed by atoms with E-state index in [1.807, 2.05) is 29.6 Å². The van der Waals surface area contributed by atoms with Gasteiger partial charge in [-0.25, -0.2) is 4.98 Å². The van der Waals surface area contributed by atoms with Crippen molar-refractivity contribution in [1.29, 1.82) is 0 Å². The molecule has 1 amide bonds. The normalized spacial score (nSPS) is 10.2. The average Bonchev–Trinajstić information content (AvgIpc) is 2.89. The number of carbonyl (C=O) groups excluding carboxylic acids is 1. The smallest absolute Gasteiger partial charge is 0.220 e. The summed E-state index contributed by atoms with van der Waals surface area (Å²) in [5.74, 6) is 0.806. The van der Waals surface area contributed by atoms with Crippen molar-refractivity contribution < 1.29 is 9.53 Å². The van der Waals surface area contributed by atoms with Gasteiger partial charge in [-0.05, 0) is 24.1 Å². The van der Waals surface area contributed by atoms with Crippen LogP contribution in [0.25, 0.3) is 0 Å². The van der Waals surface area contributed by atoms with Crippen molar-refractivity contribution in [3.63, 3.8) is 0 Å². The number of nitrogen functional groups attached to an aromatic ring is 1. The Bertz CT molecular complexity index is 583. The van der Waals surface area contributed by atoms with E-state index in [-0.39, 0.29) is 5.91 Å². The van der Waals surface area contributed by atoms with E-state index in [1.54, 1.807) is 7.11 Å². The fraction of sp³-hybridized carbons (Fsp3) is 0.286. The van der Waals surface area contributed by atoms with E-state index in [0.717, 1.165) is 17.0 Å². The van der Waals surface area contributed by atoms with Gasteiger partial charge in [0, 0.05) is 11.8 Å². The van der Waals surface area contributed by atoms with Crippen LogP contribution in [0.5, 0.6) is 5.75 Å². The Morgan fingerprint density at radius 1 is 1.50 bits per heavy atom. The molecule has 0 fully saturated rings. The zero-order valence-electron chi connectivity index (χ0n) is 11.3. The molecule has 0 aliphatic rings. The minimum absolute atomic E-state index is 0.000564. The van der Waals surface area contributed by atoms with Crippen molar-refractivity contribution in [2.75, 3.05) is 12.8 Å². The molecule has 6 heteroatoms. The van der Waals surface area contributed by atoms with Crippen LogP contribution in [-0.2, 0) is 17.8 Å². The maximum Gasteiger partial charge on any atom is 0.220 e. The second-order valence-electron chi connectivity index (χ2n) is 4.31. The number of nitrogens with zero attached hydrogens (tertiary/aromatic N) is 1. The number of aryl methyl sites for hydroxylation is 1. The highest BCUT2D eigenvalue weighted by Crippen LogP contribution is 2.14. The molecule has 0 aliphatic heterocycles. The first-order valence-electron chi connectivity index (χ1n) is 6.27. The third-order valence-corrected chi connectivity index (χ3v) is 3.53. The number of anilines is 1. The number of aromatic nitrogens is 1. The lowest BCUT2D eigenvalue weighted by Crippen LogP contribution is -2.23. The van der Waals surface area contributed by atoms with E-state index >= 15 is 0 Å². The molecule has 2 rings (SSSR count). The highest BCUT2D eigenvalue weighted by Gasteiger charge is 2.05. The van der Waals surface area contributed by atoms with Crippen LogP contribution in [0, 0.1) is 0 Å². The predicted octanol–water partition coefficient (Wildman–Crippen LogP) is 1.98. The molecule has 0 unspecified atom stereocenters. The molecular formula is C14H17N3O2S. The lowest BCUT2D eigenvalue weighted by molar-refractivity contribution is -0.121. The maximum absolute atomic E-state index is 11.8. The van der Waals surface area contributed by atoms with Crippen molar-refractivity contribution in [2.45, 2.75) is 19.4 Å². The number of nitrogens with one attached hydrogen (secondary N) is 1. The first-order valence-corrected chi connectivity index (χ1v) is 7.15. The van der Waals surface area contributed by atoms with Gasteiger partial charge in [-0.2, -0.15) is 0 Å². The molecule has 0 aliphatic carbocycles. The molecule has 2 aromatic rings. The highest BCUT2D eigenvalue weighted by atomic mass is 32.1. The minimum Gasteiger partial charge on any atom is -0.497 e. The van der Waals surface area contributed by atoms with E-state index in [9.17, 15) is 4.79 Å². The van der Waals surface area contributed by atoms with Crippen molar-refractivity contribution in [1.82, 2.24) is 10.3 Å². The number of methoxy groups -OCH3 is 1. The largest absolute Gasteiger partial charge is 0.497 e. The van der Waals surface area contributed by atoms with Crippen LogP contribution in [-0.4, -0.2) is 18.0 Å². The van der Waals surface area contributed by atoms with Crippen LogP contribution in [0.1, 0.15) is 17.7 Å². The fourth-order valence-electron chi connectivity index (χ4n) is 1.77. The van der Waals surface area contributed by atoms with Crippen LogP contribution >= 0.6 is 11.3 Å². The van der Waals surface area contributed by atoms with Crippen LogP contribution in [0.3, 0.4) is 0 Å². The van der Waals surface area contributed by atoms with Gasteiger partial charge < -0.3 is 15.8 Å². The van der Waals surface area contributed by atoms with Crippen LogP contribution in [0.15, 0.2) is 29.6 Å². The minimum atomic E-state index is -0.000564. The second kappa shape index (κ2) is 6.91. The van der Waals surface area contributed by atoms with Gasteiger partial charge in [-0.3, -0.25) is 4.79 Å².